The number of fused-ring (bicyclic) bond motifs is 1. The van der Waals surface area contributed by atoms with Crippen molar-refractivity contribution < 1.29 is 5.11 Å². The second-order valence-corrected chi connectivity index (χ2v) is 6.85. The van der Waals surface area contributed by atoms with Crippen LogP contribution in [0.15, 0.2) is 18.2 Å². The minimum atomic E-state index is 0. The number of nitrogens with zero attached hydrogens (tertiary/aromatic N) is 1. The fourth-order valence-electron chi connectivity index (χ4n) is 5.18. The second kappa shape index (κ2) is 5.27. The quantitative estimate of drug-likeness (QED) is 0.593. The van der Waals surface area contributed by atoms with Crippen molar-refractivity contribution >= 4 is 27.3 Å². The number of hydrogen-bond donors (Lipinski definition) is 1. The summed E-state index contributed by atoms with van der Waals surface area (Å²) in [7, 11) is 2.30. The van der Waals surface area contributed by atoms with Gasteiger partial charge >= 0.3 is 27.3 Å². The zero-order valence-corrected chi connectivity index (χ0v) is 17.9. The third-order valence-corrected chi connectivity index (χ3v) is 6.10. The van der Waals surface area contributed by atoms with Crippen molar-refractivity contribution in [3.05, 3.63) is 29.3 Å². The normalized spacial score (nSPS) is 35.6. The molecule has 1 aromatic rings. The summed E-state index contributed by atoms with van der Waals surface area (Å²) >= 11 is 0. The van der Waals surface area contributed by atoms with E-state index in [2.05, 4.69) is 24.1 Å². The van der Waals surface area contributed by atoms with Gasteiger partial charge in [-0.1, -0.05) is 18.9 Å². The van der Waals surface area contributed by atoms with Crippen LogP contribution >= 0.6 is 0 Å². The van der Waals surface area contributed by atoms with E-state index in [1.165, 1.54) is 56.2 Å². The van der Waals surface area contributed by atoms with E-state index in [9.17, 15) is 5.11 Å². The maximum atomic E-state index is 9.91. The zero-order valence-electron chi connectivity index (χ0n) is 12.4. The summed E-state index contributed by atoms with van der Waals surface area (Å²) in [5.74, 6) is 1.27. The van der Waals surface area contributed by atoms with E-state index >= 15 is 0 Å². The molecular weight excluding hydrogens is 441 g/mol. The Morgan fingerprint density at radius 1 is 1.25 bits per heavy atom. The van der Waals surface area contributed by atoms with Gasteiger partial charge in [-0.2, -0.15) is 0 Å². The molecule has 3 atom stereocenters. The second-order valence-electron chi connectivity index (χ2n) is 6.85. The van der Waals surface area contributed by atoms with Gasteiger partial charge in [0.05, 0.1) is 0 Å². The first-order chi connectivity index (χ1) is 9.21. The van der Waals surface area contributed by atoms with Gasteiger partial charge in [0.2, 0.25) is 0 Å². The molecule has 2 aliphatic carbocycles. The van der Waals surface area contributed by atoms with Crippen LogP contribution in [0.1, 0.15) is 43.2 Å². The van der Waals surface area contributed by atoms with Crippen LogP contribution in [0.5, 0.6) is 5.75 Å². The molecule has 1 aromatic carbocycles. The Bertz CT molecular complexity index is 518. The van der Waals surface area contributed by atoms with E-state index in [0.717, 1.165) is 12.0 Å². The van der Waals surface area contributed by atoms with Gasteiger partial charge in [-0.05, 0) is 68.5 Å². The van der Waals surface area contributed by atoms with Crippen molar-refractivity contribution in [2.24, 2.45) is 5.92 Å². The van der Waals surface area contributed by atoms with E-state index < -0.39 is 0 Å². The molecule has 108 valence electrons. The monoisotopic (exact) mass is 467 g/mol. The van der Waals surface area contributed by atoms with Gasteiger partial charge in [-0.15, -0.1) is 0 Å². The summed E-state index contributed by atoms with van der Waals surface area (Å²) in [6, 6.07) is 6.85. The van der Waals surface area contributed by atoms with Crippen LogP contribution in [0.4, 0.5) is 0 Å². The first-order valence-electron chi connectivity index (χ1n) is 7.73. The Labute approximate surface area is 141 Å². The summed E-state index contributed by atoms with van der Waals surface area (Å²) in [4.78, 5) is 2.59. The molecule has 3 heteroatoms. The van der Waals surface area contributed by atoms with Crippen LogP contribution < -0.4 is 0 Å². The predicted molar refractivity (Wildman–Crippen MR) is 85.0 cm³/mol. The van der Waals surface area contributed by atoms with E-state index in [-0.39, 0.29) is 27.3 Å². The molecule has 2 fully saturated rings. The van der Waals surface area contributed by atoms with Gasteiger partial charge in [0.15, 0.2) is 0 Å². The molecule has 1 saturated carbocycles. The number of benzene rings is 1. The molecule has 2 nitrogen and oxygen atoms in total. The van der Waals surface area contributed by atoms with Crippen molar-refractivity contribution in [3.8, 4) is 5.75 Å². The summed E-state index contributed by atoms with van der Waals surface area (Å²) in [5, 5.41) is 9.91. The molecule has 1 saturated heterocycles. The summed E-state index contributed by atoms with van der Waals surface area (Å²) < 4.78 is 0. The molecule has 2 bridgehead atoms. The summed E-state index contributed by atoms with van der Waals surface area (Å²) in [6.45, 7) is 1.22. The van der Waals surface area contributed by atoms with Crippen molar-refractivity contribution in [1.82, 2.24) is 4.90 Å². The number of hydrogen-bond acceptors (Lipinski definition) is 2. The molecule has 0 amide bonds. The first-order valence-corrected chi connectivity index (χ1v) is 7.73. The zero-order chi connectivity index (χ0) is 13.0. The van der Waals surface area contributed by atoms with Gasteiger partial charge in [-0.3, -0.25) is 0 Å². The number of likely N-dealkylation sites (tertiary alicyclic amines) is 1. The Morgan fingerprint density at radius 3 is 2.95 bits per heavy atom. The van der Waals surface area contributed by atoms with Crippen LogP contribution in [0.2, 0.25) is 0 Å². The topological polar surface area (TPSA) is 23.5 Å². The molecule has 4 rings (SSSR count). The predicted octanol–water partition coefficient (Wildman–Crippen LogP) is 2.16. The molecular formula is C17H25NOPb. The van der Waals surface area contributed by atoms with Crippen molar-refractivity contribution in [2.75, 3.05) is 13.6 Å². The van der Waals surface area contributed by atoms with Gasteiger partial charge in [0.1, 0.15) is 5.75 Å². The van der Waals surface area contributed by atoms with Crippen LogP contribution in [0.25, 0.3) is 0 Å². The van der Waals surface area contributed by atoms with Gasteiger partial charge < -0.3 is 10.0 Å². The van der Waals surface area contributed by atoms with E-state index in [4.69, 9.17) is 0 Å². The number of rotatable bonds is 0. The minimum absolute atomic E-state index is 0. The molecule has 1 heterocycles. The van der Waals surface area contributed by atoms with Crippen LogP contribution in [0.3, 0.4) is 0 Å². The van der Waals surface area contributed by atoms with Crippen LogP contribution in [-0.4, -0.2) is 56.9 Å². The SMILES string of the molecule is CN1CC[C@]23CCCC[C@H]2[C@H]1Cc1ccc(O)cc13.[PbH2]. The Kier molecular flexibility index (Phi) is 3.91. The molecule has 1 N–H and O–H groups in total. The summed E-state index contributed by atoms with van der Waals surface area (Å²) in [6.07, 6.45) is 7.93. The number of phenolic OH excluding ortho intramolecular Hbond substituents is 1. The average Bonchev–Trinajstić information content (AvgIpc) is 2.43. The maximum absolute atomic E-state index is 9.91. The molecule has 0 unspecified atom stereocenters. The third kappa shape index (κ3) is 1.97. The van der Waals surface area contributed by atoms with E-state index in [1.54, 1.807) is 0 Å². The van der Waals surface area contributed by atoms with Gasteiger partial charge in [0.25, 0.3) is 0 Å². The van der Waals surface area contributed by atoms with Gasteiger partial charge in [-0.25, -0.2) is 0 Å². The number of piperidine rings is 1. The third-order valence-electron chi connectivity index (χ3n) is 6.10. The average molecular weight is 467 g/mol. The number of phenols is 1. The molecule has 3 aliphatic rings. The van der Waals surface area contributed by atoms with E-state index in [0.29, 0.717) is 11.2 Å². The fourth-order valence-corrected chi connectivity index (χ4v) is 5.18. The fraction of sp³-hybridized carbons (Fsp3) is 0.647. The Balaban J connectivity index is 0.00000121. The van der Waals surface area contributed by atoms with Crippen LogP contribution in [0, 0.1) is 5.92 Å². The van der Waals surface area contributed by atoms with E-state index in [1.807, 2.05) is 6.07 Å². The van der Waals surface area contributed by atoms with Gasteiger partial charge in [0, 0.05) is 11.5 Å². The first kappa shape index (κ1) is 14.8. The van der Waals surface area contributed by atoms with Crippen molar-refractivity contribution in [1.29, 1.82) is 0 Å². The molecule has 1 aliphatic heterocycles. The Hall–Kier alpha value is -0.0979. The molecule has 2 radical (unpaired) electrons. The Morgan fingerprint density at radius 2 is 2.10 bits per heavy atom. The van der Waals surface area contributed by atoms with Crippen molar-refractivity contribution in [3.63, 3.8) is 0 Å². The number of aromatic hydroxyl groups is 1. The van der Waals surface area contributed by atoms with Crippen LogP contribution in [-0.2, 0) is 11.8 Å². The molecule has 20 heavy (non-hydrogen) atoms. The molecule has 0 aromatic heterocycles. The van der Waals surface area contributed by atoms with Crippen molar-refractivity contribution in [2.45, 2.75) is 50.0 Å². The molecule has 0 spiro atoms. The number of likely N-dealkylation sites (N-methyl/N-ethyl adjacent to an activating group) is 1. The summed E-state index contributed by atoms with van der Waals surface area (Å²) in [5.41, 5.74) is 3.36. The standard InChI is InChI=1S/C17H23NO.Pb.2H/c1-18-9-8-17-7-3-2-4-14(17)16(18)10-12-5-6-13(19)11-15(12)17;;;/h5-6,11,14,16,19H,2-4,7-10H2,1H3;;;/t14-,16+,17+;;;/m0.../s1.